The second-order valence-corrected chi connectivity index (χ2v) is 9.10. The van der Waals surface area contributed by atoms with Crippen LogP contribution in [0.25, 0.3) is 0 Å². The van der Waals surface area contributed by atoms with Gasteiger partial charge in [-0.2, -0.15) is 15.8 Å². The first-order valence-electron chi connectivity index (χ1n) is 9.91. The molecule has 8 heteroatoms. The van der Waals surface area contributed by atoms with Crippen molar-refractivity contribution < 1.29 is 14.2 Å². The number of halogens is 1. The minimum absolute atomic E-state index is 0.320. The molecule has 154 valence electrons. The summed E-state index contributed by atoms with van der Waals surface area (Å²) in [6, 6.07) is 11.6. The molecule has 7 nitrogen and oxygen atoms in total. The molecule has 2 saturated heterocycles. The van der Waals surface area contributed by atoms with E-state index in [0.717, 1.165) is 17.3 Å². The Hall–Kier alpha value is -2.60. The van der Waals surface area contributed by atoms with Crippen molar-refractivity contribution >= 4 is 21.8 Å². The summed E-state index contributed by atoms with van der Waals surface area (Å²) in [5.74, 6) is -1.34. The molecule has 5 unspecified atom stereocenters. The molecule has 2 heterocycles. The number of benzene rings is 1. The summed E-state index contributed by atoms with van der Waals surface area (Å²) < 4.78 is 18.7. The van der Waals surface area contributed by atoms with Gasteiger partial charge in [0, 0.05) is 16.5 Å². The van der Waals surface area contributed by atoms with Crippen LogP contribution in [-0.2, 0) is 9.47 Å². The molecular weight excluding hydrogens is 448 g/mol. The van der Waals surface area contributed by atoms with Gasteiger partial charge in [-0.3, -0.25) is 5.41 Å². The number of ether oxygens (including phenoxy) is 3. The van der Waals surface area contributed by atoms with E-state index in [4.69, 9.17) is 19.6 Å². The van der Waals surface area contributed by atoms with Crippen LogP contribution in [0, 0.1) is 62.1 Å². The third-order valence-electron chi connectivity index (χ3n) is 7.07. The van der Waals surface area contributed by atoms with Gasteiger partial charge in [0.15, 0.2) is 5.41 Å². The van der Waals surface area contributed by atoms with Gasteiger partial charge in [0.25, 0.3) is 0 Å². The second-order valence-electron chi connectivity index (χ2n) is 8.18. The Morgan fingerprint density at radius 3 is 2.60 bits per heavy atom. The third kappa shape index (κ3) is 2.34. The van der Waals surface area contributed by atoms with Gasteiger partial charge in [0.2, 0.25) is 17.1 Å². The monoisotopic (exact) mass is 468 g/mol. The fraction of sp³-hybridized carbons (Fsp3) is 0.545. The maximum absolute atomic E-state index is 10.4. The standard InChI is InChI=1S/C22H21BrN4O3/c1-3-13-6-7-22-17(8-13)21(12-26,19(27)30-22)20(10-24,11-25)18(29-22)15-9-14(23)4-5-16(15)28-2/h4-5,9,13,17-18,27H,3,6-8H2,1-2H3. The Kier molecular flexibility index (Phi) is 4.81. The van der Waals surface area contributed by atoms with Crippen molar-refractivity contribution in [3.05, 3.63) is 28.2 Å². The molecule has 3 aliphatic rings. The molecule has 1 aromatic rings. The first-order valence-corrected chi connectivity index (χ1v) is 10.7. The quantitative estimate of drug-likeness (QED) is 0.690. The third-order valence-corrected chi connectivity index (χ3v) is 7.56. The molecule has 2 aliphatic heterocycles. The van der Waals surface area contributed by atoms with Gasteiger partial charge in [-0.05, 0) is 37.0 Å². The second kappa shape index (κ2) is 6.98. The van der Waals surface area contributed by atoms with Crippen LogP contribution >= 0.6 is 15.9 Å². The summed E-state index contributed by atoms with van der Waals surface area (Å²) in [5.41, 5.74) is -3.21. The summed E-state index contributed by atoms with van der Waals surface area (Å²) >= 11 is 3.43. The van der Waals surface area contributed by atoms with Crippen LogP contribution in [0.5, 0.6) is 5.75 Å². The molecule has 2 bridgehead atoms. The van der Waals surface area contributed by atoms with Gasteiger partial charge in [-0.1, -0.05) is 29.3 Å². The van der Waals surface area contributed by atoms with Crippen molar-refractivity contribution in [2.45, 2.75) is 44.5 Å². The van der Waals surface area contributed by atoms with Crippen molar-refractivity contribution in [2.75, 3.05) is 7.11 Å². The number of rotatable bonds is 3. The van der Waals surface area contributed by atoms with Gasteiger partial charge in [0.1, 0.15) is 11.9 Å². The van der Waals surface area contributed by atoms with Crippen molar-refractivity contribution in [1.82, 2.24) is 0 Å². The molecule has 5 atom stereocenters. The van der Waals surface area contributed by atoms with Crippen LogP contribution < -0.4 is 4.74 Å². The van der Waals surface area contributed by atoms with E-state index in [9.17, 15) is 15.8 Å². The highest BCUT2D eigenvalue weighted by atomic mass is 79.9. The van der Waals surface area contributed by atoms with Crippen LogP contribution in [-0.4, -0.2) is 18.8 Å². The van der Waals surface area contributed by atoms with E-state index in [2.05, 4.69) is 41.1 Å². The molecule has 1 aromatic carbocycles. The normalized spacial score (nSPS) is 35.9. The molecule has 0 amide bonds. The number of nitriles is 3. The van der Waals surface area contributed by atoms with E-state index in [1.807, 2.05) is 0 Å². The lowest BCUT2D eigenvalue weighted by molar-refractivity contribution is -0.299. The highest BCUT2D eigenvalue weighted by molar-refractivity contribution is 9.10. The van der Waals surface area contributed by atoms with E-state index in [-0.39, 0.29) is 5.90 Å². The number of methoxy groups -OCH3 is 1. The number of nitrogens with zero attached hydrogens (tertiary/aromatic N) is 3. The molecule has 4 rings (SSSR count). The predicted octanol–water partition coefficient (Wildman–Crippen LogP) is 4.60. The number of nitrogens with one attached hydrogen (secondary N) is 1. The Balaban J connectivity index is 2.00. The lowest BCUT2D eigenvalue weighted by atomic mass is 9.50. The summed E-state index contributed by atoms with van der Waals surface area (Å²) in [4.78, 5) is 0. The van der Waals surface area contributed by atoms with Crippen molar-refractivity contribution in [2.24, 2.45) is 22.7 Å². The lowest BCUT2D eigenvalue weighted by Crippen LogP contribution is -2.61. The Labute approximate surface area is 183 Å². The minimum Gasteiger partial charge on any atom is -0.496 e. The smallest absolute Gasteiger partial charge is 0.217 e. The van der Waals surface area contributed by atoms with Crippen LogP contribution in [0.3, 0.4) is 0 Å². The lowest BCUT2D eigenvalue weighted by Gasteiger charge is -2.52. The fourth-order valence-corrected chi connectivity index (χ4v) is 5.86. The maximum atomic E-state index is 10.4. The van der Waals surface area contributed by atoms with E-state index >= 15 is 0 Å². The van der Waals surface area contributed by atoms with Crippen LogP contribution in [0.2, 0.25) is 0 Å². The summed E-state index contributed by atoms with van der Waals surface area (Å²) in [6.45, 7) is 2.08. The molecule has 0 radical (unpaired) electrons. The first kappa shape index (κ1) is 20.7. The van der Waals surface area contributed by atoms with Gasteiger partial charge in [-0.15, -0.1) is 0 Å². The van der Waals surface area contributed by atoms with Crippen molar-refractivity contribution in [3.63, 3.8) is 0 Å². The Bertz CT molecular complexity index is 1020. The number of hydrogen-bond donors (Lipinski definition) is 1. The van der Waals surface area contributed by atoms with Crippen molar-refractivity contribution in [1.29, 1.82) is 21.2 Å². The van der Waals surface area contributed by atoms with Gasteiger partial charge < -0.3 is 14.2 Å². The fourth-order valence-electron chi connectivity index (χ4n) is 5.48. The zero-order valence-electron chi connectivity index (χ0n) is 16.7. The predicted molar refractivity (Wildman–Crippen MR) is 109 cm³/mol. The minimum atomic E-state index is -1.97. The molecule has 0 spiro atoms. The molecule has 1 saturated carbocycles. The largest absolute Gasteiger partial charge is 0.496 e. The molecule has 1 N–H and O–H groups in total. The number of hydrogen-bond acceptors (Lipinski definition) is 7. The SMILES string of the molecule is CCC1CCC23OC(=N)C(C#N)(C2C1)C(C#N)(C#N)C(c1cc(Br)ccc1OC)O3. The zero-order chi connectivity index (χ0) is 21.7. The van der Waals surface area contributed by atoms with Crippen molar-refractivity contribution in [3.8, 4) is 24.0 Å². The van der Waals surface area contributed by atoms with Gasteiger partial charge >= 0.3 is 0 Å². The zero-order valence-corrected chi connectivity index (χ0v) is 18.3. The van der Waals surface area contributed by atoms with E-state index in [1.54, 1.807) is 18.2 Å². The summed E-state index contributed by atoms with van der Waals surface area (Å²) in [6.07, 6.45) is 1.70. The van der Waals surface area contributed by atoms with Gasteiger partial charge in [0.05, 0.1) is 31.2 Å². The topological polar surface area (TPSA) is 123 Å². The highest BCUT2D eigenvalue weighted by Crippen LogP contribution is 2.70. The molecule has 3 fully saturated rings. The molecule has 0 aromatic heterocycles. The van der Waals surface area contributed by atoms with E-state index in [1.165, 1.54) is 7.11 Å². The Morgan fingerprint density at radius 2 is 2.00 bits per heavy atom. The van der Waals surface area contributed by atoms with E-state index < -0.39 is 28.6 Å². The molecule has 1 aliphatic carbocycles. The summed E-state index contributed by atoms with van der Waals surface area (Å²) in [7, 11) is 1.50. The average Bonchev–Trinajstić information content (AvgIpc) is 2.97. The highest BCUT2D eigenvalue weighted by Gasteiger charge is 2.81. The van der Waals surface area contributed by atoms with Crippen LogP contribution in [0.1, 0.15) is 44.3 Å². The molecule has 30 heavy (non-hydrogen) atoms. The van der Waals surface area contributed by atoms with Gasteiger partial charge in [-0.25, -0.2) is 0 Å². The van der Waals surface area contributed by atoms with E-state index in [0.29, 0.717) is 30.1 Å². The maximum Gasteiger partial charge on any atom is 0.217 e. The average molecular weight is 469 g/mol. The Morgan fingerprint density at radius 1 is 1.27 bits per heavy atom. The molecular formula is C22H21BrN4O3. The van der Waals surface area contributed by atoms with Crippen LogP contribution in [0.4, 0.5) is 0 Å². The first-order chi connectivity index (χ1) is 14.4. The van der Waals surface area contributed by atoms with Crippen LogP contribution in [0.15, 0.2) is 22.7 Å². The summed E-state index contributed by atoms with van der Waals surface area (Å²) in [5, 5.41) is 39.7.